The fourth-order valence-electron chi connectivity index (χ4n) is 4.72. The molecule has 0 unspecified atom stereocenters. The second kappa shape index (κ2) is 8.70. The average molecular weight is 553 g/mol. The van der Waals surface area contributed by atoms with Crippen LogP contribution in [0.4, 0.5) is 0 Å². The van der Waals surface area contributed by atoms with Crippen molar-refractivity contribution in [3.63, 3.8) is 0 Å². The van der Waals surface area contributed by atoms with Crippen LogP contribution < -0.4 is 0 Å². The van der Waals surface area contributed by atoms with Crippen molar-refractivity contribution < 1.29 is 4.79 Å². The first-order valence-corrected chi connectivity index (χ1v) is 14.0. The molecule has 34 heavy (non-hydrogen) atoms. The molecule has 0 aliphatic heterocycles. The number of aryl methyl sites for hydroxylation is 1. The lowest BCUT2D eigenvalue weighted by Crippen LogP contribution is -2.03. The number of benzene rings is 1. The number of rotatable bonds is 6. The van der Waals surface area contributed by atoms with Gasteiger partial charge in [0.15, 0.2) is 16.6 Å². The first-order chi connectivity index (χ1) is 16.5. The van der Waals surface area contributed by atoms with Crippen molar-refractivity contribution in [2.45, 2.75) is 44.7 Å². The van der Waals surface area contributed by atoms with Crippen LogP contribution in [0.3, 0.4) is 0 Å². The molecule has 9 heteroatoms. The van der Waals surface area contributed by atoms with Gasteiger partial charge in [-0.25, -0.2) is 9.97 Å². The van der Waals surface area contributed by atoms with E-state index < -0.39 is 0 Å². The second-order valence-electron chi connectivity index (χ2n) is 9.07. The second-order valence-corrected chi connectivity index (χ2v) is 11.9. The Morgan fingerprint density at radius 2 is 1.97 bits per heavy atom. The molecule has 1 aromatic carbocycles. The average Bonchev–Trinajstić information content (AvgIpc) is 3.53. The van der Waals surface area contributed by atoms with Crippen LogP contribution in [0, 0.1) is 5.92 Å². The van der Waals surface area contributed by atoms with Gasteiger partial charge in [-0.2, -0.15) is 0 Å². The first-order valence-electron chi connectivity index (χ1n) is 11.4. The van der Waals surface area contributed by atoms with Gasteiger partial charge in [0.2, 0.25) is 0 Å². The highest BCUT2D eigenvalue weighted by Gasteiger charge is 2.25. The number of carbonyl (C=O) groups is 1. The Balaban J connectivity index is 1.38. The molecule has 1 aliphatic carbocycles. The molecule has 6 rings (SSSR count). The summed E-state index contributed by atoms with van der Waals surface area (Å²) in [6.07, 6.45) is 6.17. The van der Waals surface area contributed by atoms with Crippen molar-refractivity contribution in [2.75, 3.05) is 5.75 Å². The molecule has 1 aliphatic rings. The molecule has 0 fully saturated rings. The lowest BCUT2D eigenvalue weighted by molar-refractivity contribution is 0.102. The van der Waals surface area contributed by atoms with E-state index in [1.54, 1.807) is 17.7 Å². The Morgan fingerprint density at radius 1 is 1.18 bits per heavy atom. The third-order valence-corrected chi connectivity index (χ3v) is 8.78. The maximum Gasteiger partial charge on any atom is 0.197 e. The Labute approximate surface area is 213 Å². The molecule has 0 amide bonds. The number of thiophene rings is 1. The highest BCUT2D eigenvalue weighted by molar-refractivity contribution is 9.10. The molecule has 6 nitrogen and oxygen atoms in total. The summed E-state index contributed by atoms with van der Waals surface area (Å²) >= 11 is 6.45. The molecular weight excluding hydrogens is 530 g/mol. The minimum absolute atomic E-state index is 0.0580. The third kappa shape index (κ3) is 3.74. The summed E-state index contributed by atoms with van der Waals surface area (Å²) in [6.45, 7) is 4.50. The lowest BCUT2D eigenvalue weighted by atomic mass is 9.99. The predicted molar refractivity (Wildman–Crippen MR) is 141 cm³/mol. The summed E-state index contributed by atoms with van der Waals surface area (Å²) in [7, 11) is 0. The van der Waals surface area contributed by atoms with Gasteiger partial charge in [0, 0.05) is 21.1 Å². The number of nitrogens with zero attached hydrogens (tertiary/aromatic N) is 5. The van der Waals surface area contributed by atoms with Crippen molar-refractivity contribution in [3.05, 3.63) is 57.4 Å². The number of carbonyl (C=O) groups excluding carboxylic acids is 1. The van der Waals surface area contributed by atoms with Gasteiger partial charge in [0.25, 0.3) is 0 Å². The van der Waals surface area contributed by atoms with Gasteiger partial charge in [0.1, 0.15) is 15.9 Å². The van der Waals surface area contributed by atoms with E-state index in [-0.39, 0.29) is 5.78 Å². The van der Waals surface area contributed by atoms with Gasteiger partial charge < -0.3 is 0 Å². The maximum atomic E-state index is 12.6. The topological polar surface area (TPSA) is 73.0 Å². The summed E-state index contributed by atoms with van der Waals surface area (Å²) < 4.78 is 3.86. The van der Waals surface area contributed by atoms with Gasteiger partial charge in [0.05, 0.1) is 11.3 Å². The number of hydrogen-bond donors (Lipinski definition) is 0. The van der Waals surface area contributed by atoms with Gasteiger partial charge in [-0.3, -0.25) is 9.20 Å². The van der Waals surface area contributed by atoms with E-state index in [9.17, 15) is 4.79 Å². The fourth-order valence-corrected chi connectivity index (χ4v) is 6.93. The van der Waals surface area contributed by atoms with Gasteiger partial charge in [-0.05, 0) is 54.9 Å². The van der Waals surface area contributed by atoms with Crippen molar-refractivity contribution in [3.8, 4) is 0 Å². The number of hydrogen-bond acceptors (Lipinski definition) is 7. The van der Waals surface area contributed by atoms with Gasteiger partial charge >= 0.3 is 0 Å². The molecule has 4 heterocycles. The number of thioether (sulfide) groups is 1. The zero-order valence-electron chi connectivity index (χ0n) is 18.8. The van der Waals surface area contributed by atoms with E-state index >= 15 is 0 Å². The van der Waals surface area contributed by atoms with E-state index in [2.05, 4.69) is 40.0 Å². The molecule has 172 valence electrons. The van der Waals surface area contributed by atoms with E-state index in [0.717, 1.165) is 44.4 Å². The van der Waals surface area contributed by atoms with Crippen molar-refractivity contribution >= 4 is 70.9 Å². The lowest BCUT2D eigenvalue weighted by Gasteiger charge is -2.11. The van der Waals surface area contributed by atoms with Crippen LogP contribution in [-0.2, 0) is 19.3 Å². The Morgan fingerprint density at radius 3 is 2.76 bits per heavy atom. The molecule has 0 bridgehead atoms. The summed E-state index contributed by atoms with van der Waals surface area (Å²) in [5.41, 5.74) is 6.56. The smallest absolute Gasteiger partial charge is 0.197 e. The molecular formula is C25H22BrN5OS2. The summed E-state index contributed by atoms with van der Waals surface area (Å²) in [5, 5.41) is 10.7. The van der Waals surface area contributed by atoms with Crippen molar-refractivity contribution in [2.24, 2.45) is 5.92 Å². The third-order valence-electron chi connectivity index (χ3n) is 6.24. The summed E-state index contributed by atoms with van der Waals surface area (Å²) in [5.74, 6) is 0.924. The van der Waals surface area contributed by atoms with Gasteiger partial charge in [-0.15, -0.1) is 21.5 Å². The standard InChI is InChI=1S/C25H22BrN5OS2/c1-13(2)10-18-16-4-3-5-17(16)20-21-22(34-24(20)28-18)23-29-30-25(31(23)12-27-21)33-11-19(32)14-6-8-15(26)9-7-14/h6-9,12-13H,3-5,10-11H2,1-2H3. The van der Waals surface area contributed by atoms with Crippen LogP contribution >= 0.6 is 39.0 Å². The monoisotopic (exact) mass is 551 g/mol. The van der Waals surface area contributed by atoms with Crippen LogP contribution in [-0.4, -0.2) is 36.1 Å². The Hall–Kier alpha value is -2.36. The first kappa shape index (κ1) is 22.1. The van der Waals surface area contributed by atoms with Crippen molar-refractivity contribution in [1.29, 1.82) is 0 Å². The number of fused-ring (bicyclic) bond motifs is 7. The van der Waals surface area contributed by atoms with Crippen LogP contribution in [0.15, 0.2) is 40.2 Å². The van der Waals surface area contributed by atoms with E-state index in [1.165, 1.54) is 40.4 Å². The minimum Gasteiger partial charge on any atom is -0.293 e. The summed E-state index contributed by atoms with van der Waals surface area (Å²) in [4.78, 5) is 23.6. The molecule has 0 radical (unpaired) electrons. The zero-order valence-corrected chi connectivity index (χ0v) is 22.1. The normalized spacial score (nSPS) is 13.5. The van der Waals surface area contributed by atoms with E-state index in [1.807, 2.05) is 28.7 Å². The number of aromatic nitrogens is 5. The molecule has 4 aromatic heterocycles. The minimum atomic E-state index is 0.0580. The summed E-state index contributed by atoms with van der Waals surface area (Å²) in [6, 6.07) is 7.42. The number of halogens is 1. The van der Waals surface area contributed by atoms with E-state index in [4.69, 9.17) is 9.97 Å². The maximum absolute atomic E-state index is 12.6. The predicted octanol–water partition coefficient (Wildman–Crippen LogP) is 6.31. The molecule has 0 saturated heterocycles. The molecule has 0 N–H and O–H groups in total. The zero-order chi connectivity index (χ0) is 23.4. The van der Waals surface area contributed by atoms with Crippen LogP contribution in [0.2, 0.25) is 0 Å². The number of ketones is 1. The van der Waals surface area contributed by atoms with E-state index in [0.29, 0.717) is 22.4 Å². The quantitative estimate of drug-likeness (QED) is 0.182. The van der Waals surface area contributed by atoms with Crippen LogP contribution in [0.5, 0.6) is 0 Å². The van der Waals surface area contributed by atoms with Crippen LogP contribution in [0.1, 0.15) is 47.4 Å². The Kier molecular flexibility index (Phi) is 5.66. The molecule has 0 spiro atoms. The molecule has 5 aromatic rings. The Bertz CT molecular complexity index is 1570. The largest absolute Gasteiger partial charge is 0.293 e. The number of Topliss-reactive ketones (excluding diaryl/α,β-unsaturated/α-hetero) is 1. The van der Waals surface area contributed by atoms with Gasteiger partial charge in [-0.1, -0.05) is 53.7 Å². The fraction of sp³-hybridized carbons (Fsp3) is 0.320. The van der Waals surface area contributed by atoms with Crippen LogP contribution in [0.25, 0.3) is 26.1 Å². The highest BCUT2D eigenvalue weighted by atomic mass is 79.9. The SMILES string of the molecule is CC(C)Cc1nc2sc3c(ncn4c(SCC(=O)c5ccc(Br)cc5)nnc34)c2c2c1CCC2. The molecule has 0 saturated carbocycles. The number of pyridine rings is 1. The highest BCUT2D eigenvalue weighted by Crippen LogP contribution is 2.41. The molecule has 0 atom stereocenters. The van der Waals surface area contributed by atoms with Crippen molar-refractivity contribution in [1.82, 2.24) is 24.6 Å².